The van der Waals surface area contributed by atoms with E-state index in [0.717, 1.165) is 16.8 Å². The quantitative estimate of drug-likeness (QED) is 0.725. The molecule has 2 heterocycles. The highest BCUT2D eigenvalue weighted by molar-refractivity contribution is 5.64. The molecule has 0 amide bonds. The summed E-state index contributed by atoms with van der Waals surface area (Å²) in [6.45, 7) is 0. The molecule has 1 aliphatic rings. The van der Waals surface area contributed by atoms with Crippen LogP contribution in [0.15, 0.2) is 53.8 Å². The van der Waals surface area contributed by atoms with Gasteiger partial charge >= 0.3 is 0 Å². The molecule has 0 bridgehead atoms. The van der Waals surface area contributed by atoms with E-state index in [2.05, 4.69) is 9.98 Å². The smallest absolute Gasteiger partial charge is 0.175 e. The van der Waals surface area contributed by atoms with Crippen LogP contribution < -0.4 is 0 Å². The molecule has 78 valence electrons. The average molecular weight is 210 g/mol. The molecule has 0 saturated heterocycles. The van der Waals surface area contributed by atoms with Crippen molar-refractivity contribution in [3.05, 3.63) is 59.9 Å². The summed E-state index contributed by atoms with van der Waals surface area (Å²) in [6.07, 6.45) is 4.98. The Balaban J connectivity index is 2.09. The Bertz CT molecular complexity index is 522. The summed E-state index contributed by atoms with van der Waals surface area (Å²) in [4.78, 5) is 8.21. The zero-order valence-electron chi connectivity index (χ0n) is 8.58. The Morgan fingerprint density at radius 3 is 2.69 bits per heavy atom. The Kier molecular flexibility index (Phi) is 2.14. The summed E-state index contributed by atoms with van der Waals surface area (Å²) in [6, 6.07) is 11.9. The third-order valence-corrected chi connectivity index (χ3v) is 2.62. The topological polar surface area (TPSA) is 34.5 Å². The summed E-state index contributed by atoms with van der Waals surface area (Å²) in [5.74, 6) is 0. The first kappa shape index (κ1) is 9.09. The van der Waals surface area contributed by atoms with Crippen molar-refractivity contribution in [1.82, 2.24) is 4.98 Å². The van der Waals surface area contributed by atoms with Crippen molar-refractivity contribution >= 4 is 12.1 Å². The third-order valence-electron chi connectivity index (χ3n) is 2.62. The van der Waals surface area contributed by atoms with E-state index in [1.807, 2.05) is 36.4 Å². The van der Waals surface area contributed by atoms with Crippen LogP contribution in [0.1, 0.15) is 17.2 Å². The number of aliphatic imine (C=N–C) groups is 1. The number of hydrogen-bond donors (Lipinski definition) is 0. The molecule has 0 radical (unpaired) electrons. The molecule has 1 unspecified atom stereocenters. The maximum atomic E-state index is 5.57. The molecule has 3 nitrogen and oxygen atoms in total. The van der Waals surface area contributed by atoms with E-state index in [1.54, 1.807) is 12.4 Å². The maximum absolute atomic E-state index is 5.57. The molecule has 0 fully saturated rings. The van der Waals surface area contributed by atoms with Gasteiger partial charge in [-0.1, -0.05) is 18.2 Å². The minimum Gasteiger partial charge on any atom is -0.470 e. The Morgan fingerprint density at radius 2 is 1.81 bits per heavy atom. The molecular formula is C13H10N2O. The van der Waals surface area contributed by atoms with Crippen LogP contribution in [0.5, 0.6) is 0 Å². The number of nitrogens with zero attached hydrogens (tertiary/aromatic N) is 2. The number of hydrogen-bond acceptors (Lipinski definition) is 3. The number of para-hydroxylation sites is 1. The number of fused-ring (bicyclic) bond motifs is 1. The van der Waals surface area contributed by atoms with Crippen LogP contribution in [0.2, 0.25) is 0 Å². The van der Waals surface area contributed by atoms with E-state index >= 15 is 0 Å². The van der Waals surface area contributed by atoms with Gasteiger partial charge in [-0.3, -0.25) is 4.98 Å². The molecule has 1 atom stereocenters. The van der Waals surface area contributed by atoms with Gasteiger partial charge in [0.05, 0.1) is 5.69 Å². The van der Waals surface area contributed by atoms with Gasteiger partial charge in [-0.15, -0.1) is 0 Å². The molecule has 2 aromatic rings. The van der Waals surface area contributed by atoms with Crippen molar-refractivity contribution in [3.8, 4) is 0 Å². The van der Waals surface area contributed by atoms with Crippen LogP contribution in [0.4, 0.5) is 5.69 Å². The lowest BCUT2D eigenvalue weighted by Gasteiger charge is -2.21. The lowest BCUT2D eigenvalue weighted by molar-refractivity contribution is 0.242. The van der Waals surface area contributed by atoms with Gasteiger partial charge in [-0.05, 0) is 18.2 Å². The predicted octanol–water partition coefficient (Wildman–Crippen LogP) is 2.86. The van der Waals surface area contributed by atoms with Crippen molar-refractivity contribution in [1.29, 1.82) is 0 Å². The molecule has 1 aromatic carbocycles. The van der Waals surface area contributed by atoms with E-state index in [4.69, 9.17) is 4.74 Å². The highest BCUT2D eigenvalue weighted by Gasteiger charge is 2.20. The summed E-state index contributed by atoms with van der Waals surface area (Å²) in [5, 5.41) is 0. The van der Waals surface area contributed by atoms with Crippen LogP contribution >= 0.6 is 0 Å². The van der Waals surface area contributed by atoms with Crippen LogP contribution in [-0.4, -0.2) is 11.4 Å². The third kappa shape index (κ3) is 1.46. The summed E-state index contributed by atoms with van der Waals surface area (Å²) in [5.41, 5.74) is 3.15. The standard InChI is InChI=1S/C13H10N2O/c1-2-4-12-11(3-1)13(16-9-15-12)10-5-7-14-8-6-10/h1-9,13H. The largest absolute Gasteiger partial charge is 0.470 e. The van der Waals surface area contributed by atoms with Crippen LogP contribution in [-0.2, 0) is 4.74 Å². The lowest BCUT2D eigenvalue weighted by Crippen LogP contribution is -2.08. The molecule has 0 spiro atoms. The Hall–Kier alpha value is -2.16. The normalized spacial score (nSPS) is 17.6. The average Bonchev–Trinajstić information content (AvgIpc) is 2.39. The molecule has 0 aliphatic carbocycles. The molecular weight excluding hydrogens is 200 g/mol. The van der Waals surface area contributed by atoms with Crippen molar-refractivity contribution in [3.63, 3.8) is 0 Å². The molecule has 0 saturated carbocycles. The number of benzene rings is 1. The highest BCUT2D eigenvalue weighted by atomic mass is 16.5. The van der Waals surface area contributed by atoms with Crippen molar-refractivity contribution in [2.75, 3.05) is 0 Å². The maximum Gasteiger partial charge on any atom is 0.175 e. The Morgan fingerprint density at radius 1 is 1.00 bits per heavy atom. The lowest BCUT2D eigenvalue weighted by atomic mass is 10.0. The zero-order chi connectivity index (χ0) is 10.8. The second-order valence-electron chi connectivity index (χ2n) is 3.59. The van der Waals surface area contributed by atoms with E-state index in [9.17, 15) is 0 Å². The zero-order valence-corrected chi connectivity index (χ0v) is 8.58. The van der Waals surface area contributed by atoms with Crippen LogP contribution in [0.25, 0.3) is 0 Å². The first-order chi connectivity index (χ1) is 7.95. The number of rotatable bonds is 1. The molecule has 1 aliphatic heterocycles. The van der Waals surface area contributed by atoms with E-state index < -0.39 is 0 Å². The molecule has 0 N–H and O–H groups in total. The fourth-order valence-corrected chi connectivity index (χ4v) is 1.84. The number of ether oxygens (including phenoxy) is 1. The molecule has 3 heteroatoms. The van der Waals surface area contributed by atoms with Gasteiger partial charge in [0.2, 0.25) is 0 Å². The molecule has 3 rings (SSSR count). The minimum absolute atomic E-state index is 0.0725. The van der Waals surface area contributed by atoms with Gasteiger partial charge in [0.25, 0.3) is 0 Å². The van der Waals surface area contributed by atoms with E-state index in [1.165, 1.54) is 6.40 Å². The predicted molar refractivity (Wildman–Crippen MR) is 61.8 cm³/mol. The van der Waals surface area contributed by atoms with Gasteiger partial charge < -0.3 is 4.74 Å². The summed E-state index contributed by atoms with van der Waals surface area (Å²) in [7, 11) is 0. The number of pyridine rings is 1. The summed E-state index contributed by atoms with van der Waals surface area (Å²) < 4.78 is 5.57. The minimum atomic E-state index is -0.0725. The first-order valence-corrected chi connectivity index (χ1v) is 5.12. The fraction of sp³-hybridized carbons (Fsp3) is 0.0769. The first-order valence-electron chi connectivity index (χ1n) is 5.12. The van der Waals surface area contributed by atoms with Crippen LogP contribution in [0.3, 0.4) is 0 Å². The fourth-order valence-electron chi connectivity index (χ4n) is 1.84. The van der Waals surface area contributed by atoms with Crippen molar-refractivity contribution in [2.24, 2.45) is 4.99 Å². The van der Waals surface area contributed by atoms with Crippen molar-refractivity contribution < 1.29 is 4.74 Å². The van der Waals surface area contributed by atoms with E-state index in [0.29, 0.717) is 0 Å². The monoisotopic (exact) mass is 210 g/mol. The highest BCUT2D eigenvalue weighted by Crippen LogP contribution is 2.34. The molecule has 1 aromatic heterocycles. The SMILES string of the molecule is C1=Nc2ccccc2C(c2ccncc2)O1. The van der Waals surface area contributed by atoms with Gasteiger partial charge in [0, 0.05) is 23.5 Å². The van der Waals surface area contributed by atoms with E-state index in [-0.39, 0.29) is 6.10 Å². The second-order valence-corrected chi connectivity index (χ2v) is 3.59. The Labute approximate surface area is 93.4 Å². The molecule has 16 heavy (non-hydrogen) atoms. The summed E-state index contributed by atoms with van der Waals surface area (Å²) >= 11 is 0. The van der Waals surface area contributed by atoms with Crippen LogP contribution in [0, 0.1) is 0 Å². The van der Waals surface area contributed by atoms with Gasteiger partial charge in [0.15, 0.2) is 12.5 Å². The van der Waals surface area contributed by atoms with Gasteiger partial charge in [0.1, 0.15) is 0 Å². The van der Waals surface area contributed by atoms with Gasteiger partial charge in [-0.2, -0.15) is 0 Å². The second kappa shape index (κ2) is 3.77. The number of aromatic nitrogens is 1. The van der Waals surface area contributed by atoms with Crippen molar-refractivity contribution in [2.45, 2.75) is 6.10 Å². The van der Waals surface area contributed by atoms with Gasteiger partial charge in [-0.25, -0.2) is 4.99 Å².